The minimum absolute atomic E-state index is 0.139. The SMILES string of the molecule is CC(NC(=O)c1cccc([N+](=O)[O-])c1)C(=O)N1CC2CCC(N)C2C1. The van der Waals surface area contributed by atoms with Crippen LogP contribution in [0.15, 0.2) is 24.3 Å². The number of nitrogens with one attached hydrogen (secondary N) is 1. The molecule has 4 unspecified atom stereocenters. The van der Waals surface area contributed by atoms with E-state index in [2.05, 4.69) is 5.32 Å². The molecule has 4 atom stereocenters. The Morgan fingerprint density at radius 3 is 2.80 bits per heavy atom. The van der Waals surface area contributed by atoms with E-state index in [4.69, 9.17) is 5.73 Å². The molecule has 1 heterocycles. The lowest BCUT2D eigenvalue weighted by Gasteiger charge is -2.23. The topological polar surface area (TPSA) is 119 Å². The average molecular weight is 346 g/mol. The molecule has 25 heavy (non-hydrogen) atoms. The van der Waals surface area contributed by atoms with Gasteiger partial charge in [-0.1, -0.05) is 6.07 Å². The average Bonchev–Trinajstić information content (AvgIpc) is 3.16. The van der Waals surface area contributed by atoms with Crippen LogP contribution in [0.25, 0.3) is 0 Å². The zero-order valence-corrected chi connectivity index (χ0v) is 14.1. The maximum atomic E-state index is 12.6. The molecule has 2 amide bonds. The van der Waals surface area contributed by atoms with Gasteiger partial charge in [-0.25, -0.2) is 0 Å². The van der Waals surface area contributed by atoms with Gasteiger partial charge in [0.25, 0.3) is 11.6 Å². The molecule has 0 aromatic heterocycles. The summed E-state index contributed by atoms with van der Waals surface area (Å²) in [4.78, 5) is 36.9. The van der Waals surface area contributed by atoms with Crippen LogP contribution < -0.4 is 11.1 Å². The number of carbonyl (C=O) groups is 2. The number of benzene rings is 1. The van der Waals surface area contributed by atoms with E-state index in [1.807, 2.05) is 0 Å². The Labute approximate surface area is 145 Å². The summed E-state index contributed by atoms with van der Waals surface area (Å²) < 4.78 is 0. The summed E-state index contributed by atoms with van der Waals surface area (Å²) in [6, 6.07) is 4.91. The monoisotopic (exact) mass is 346 g/mol. The predicted octanol–water partition coefficient (Wildman–Crippen LogP) is 0.909. The van der Waals surface area contributed by atoms with Gasteiger partial charge in [0.15, 0.2) is 0 Å². The number of nitro groups is 1. The van der Waals surface area contributed by atoms with Gasteiger partial charge in [0.2, 0.25) is 5.91 Å². The zero-order chi connectivity index (χ0) is 18.1. The largest absolute Gasteiger partial charge is 0.341 e. The van der Waals surface area contributed by atoms with E-state index in [0.717, 1.165) is 12.8 Å². The van der Waals surface area contributed by atoms with E-state index in [9.17, 15) is 19.7 Å². The minimum atomic E-state index is -0.693. The standard InChI is InChI=1S/C17H22N4O4/c1-10(17(23)20-8-12-5-6-15(18)14(12)9-20)19-16(22)11-3-2-4-13(7-11)21(24)25/h2-4,7,10,12,14-15H,5-6,8-9,18H2,1H3,(H,19,22). The van der Waals surface area contributed by atoms with Crippen molar-refractivity contribution in [2.45, 2.75) is 31.8 Å². The van der Waals surface area contributed by atoms with Gasteiger partial charge in [-0.2, -0.15) is 0 Å². The quantitative estimate of drug-likeness (QED) is 0.620. The number of rotatable bonds is 4. The molecule has 134 valence electrons. The number of nitrogens with two attached hydrogens (primary N) is 1. The second-order valence-corrected chi connectivity index (χ2v) is 6.91. The smallest absolute Gasteiger partial charge is 0.270 e. The van der Waals surface area contributed by atoms with Crippen LogP contribution >= 0.6 is 0 Å². The van der Waals surface area contributed by atoms with Gasteiger partial charge in [0.05, 0.1) is 4.92 Å². The second-order valence-electron chi connectivity index (χ2n) is 6.91. The summed E-state index contributed by atoms with van der Waals surface area (Å²) in [7, 11) is 0. The molecule has 3 rings (SSSR count). The Bertz CT molecular complexity index is 708. The molecule has 2 fully saturated rings. The summed E-state index contributed by atoms with van der Waals surface area (Å²) in [5.41, 5.74) is 6.09. The second kappa shape index (κ2) is 6.79. The first kappa shape index (κ1) is 17.3. The summed E-state index contributed by atoms with van der Waals surface area (Å²) in [6.45, 7) is 2.96. The molecule has 1 aromatic rings. The number of likely N-dealkylation sites (tertiary alicyclic amines) is 1. The summed E-state index contributed by atoms with van der Waals surface area (Å²) in [5, 5.41) is 13.4. The highest BCUT2D eigenvalue weighted by molar-refractivity contribution is 5.97. The maximum Gasteiger partial charge on any atom is 0.270 e. The molecule has 1 saturated heterocycles. The first-order valence-electron chi connectivity index (χ1n) is 8.46. The van der Waals surface area contributed by atoms with Crippen LogP contribution in [0.3, 0.4) is 0 Å². The van der Waals surface area contributed by atoms with Crippen LogP contribution in [0.4, 0.5) is 5.69 Å². The minimum Gasteiger partial charge on any atom is -0.341 e. The fourth-order valence-corrected chi connectivity index (χ4v) is 3.86. The van der Waals surface area contributed by atoms with Crippen molar-refractivity contribution in [3.63, 3.8) is 0 Å². The molecule has 0 radical (unpaired) electrons. The molecular formula is C17H22N4O4. The van der Waals surface area contributed by atoms with Crippen LogP contribution in [0.1, 0.15) is 30.1 Å². The molecular weight excluding hydrogens is 324 g/mol. The van der Waals surface area contributed by atoms with Gasteiger partial charge in [-0.3, -0.25) is 19.7 Å². The summed E-state index contributed by atoms with van der Waals surface area (Å²) in [5.74, 6) is 0.170. The number of fused-ring (bicyclic) bond motifs is 1. The number of hydrogen-bond donors (Lipinski definition) is 2. The fraction of sp³-hybridized carbons (Fsp3) is 0.529. The first-order chi connectivity index (χ1) is 11.9. The van der Waals surface area contributed by atoms with Crippen molar-refractivity contribution >= 4 is 17.5 Å². The van der Waals surface area contributed by atoms with Crippen molar-refractivity contribution in [2.75, 3.05) is 13.1 Å². The van der Waals surface area contributed by atoms with Crippen LogP contribution in [0.2, 0.25) is 0 Å². The third kappa shape index (κ3) is 3.48. The number of nitrogens with zero attached hydrogens (tertiary/aromatic N) is 2. The van der Waals surface area contributed by atoms with Crippen molar-refractivity contribution in [1.29, 1.82) is 0 Å². The van der Waals surface area contributed by atoms with E-state index >= 15 is 0 Å². The van der Waals surface area contributed by atoms with Gasteiger partial charge in [0, 0.05) is 36.8 Å². The Morgan fingerprint density at radius 1 is 1.36 bits per heavy atom. The van der Waals surface area contributed by atoms with Gasteiger partial charge in [-0.05, 0) is 37.7 Å². The first-order valence-corrected chi connectivity index (χ1v) is 8.46. The van der Waals surface area contributed by atoms with Crippen molar-refractivity contribution in [3.05, 3.63) is 39.9 Å². The molecule has 1 aliphatic carbocycles. The fourth-order valence-electron chi connectivity index (χ4n) is 3.86. The molecule has 0 bridgehead atoms. The van der Waals surface area contributed by atoms with E-state index in [1.165, 1.54) is 24.3 Å². The van der Waals surface area contributed by atoms with E-state index in [-0.39, 0.29) is 23.2 Å². The zero-order valence-electron chi connectivity index (χ0n) is 14.1. The Balaban J connectivity index is 1.61. The normalized spacial score (nSPS) is 26.2. The third-order valence-corrected chi connectivity index (χ3v) is 5.26. The molecule has 3 N–H and O–H groups in total. The number of non-ortho nitro benzene ring substituents is 1. The molecule has 1 aliphatic heterocycles. The Morgan fingerprint density at radius 2 is 2.12 bits per heavy atom. The summed E-state index contributed by atoms with van der Waals surface area (Å²) in [6.07, 6.45) is 2.06. The number of nitro benzene ring substituents is 1. The van der Waals surface area contributed by atoms with Crippen molar-refractivity contribution in [1.82, 2.24) is 10.2 Å². The van der Waals surface area contributed by atoms with E-state index in [0.29, 0.717) is 24.9 Å². The lowest BCUT2D eigenvalue weighted by molar-refractivity contribution is -0.384. The highest BCUT2D eigenvalue weighted by Gasteiger charge is 2.43. The van der Waals surface area contributed by atoms with E-state index < -0.39 is 16.9 Å². The molecule has 1 aromatic carbocycles. The van der Waals surface area contributed by atoms with Crippen LogP contribution in [-0.4, -0.2) is 46.8 Å². The van der Waals surface area contributed by atoms with Crippen LogP contribution in [0.5, 0.6) is 0 Å². The highest BCUT2D eigenvalue weighted by atomic mass is 16.6. The molecule has 8 nitrogen and oxygen atoms in total. The van der Waals surface area contributed by atoms with E-state index in [1.54, 1.807) is 11.8 Å². The molecule has 0 spiro atoms. The van der Waals surface area contributed by atoms with Gasteiger partial charge in [0.1, 0.15) is 6.04 Å². The molecule has 1 saturated carbocycles. The lowest BCUT2D eigenvalue weighted by atomic mass is 9.98. The summed E-state index contributed by atoms with van der Waals surface area (Å²) >= 11 is 0. The number of amides is 2. The number of carbonyl (C=O) groups excluding carboxylic acids is 2. The van der Waals surface area contributed by atoms with Gasteiger partial charge in [-0.15, -0.1) is 0 Å². The van der Waals surface area contributed by atoms with Crippen molar-refractivity contribution in [3.8, 4) is 0 Å². The maximum absolute atomic E-state index is 12.6. The molecule has 8 heteroatoms. The van der Waals surface area contributed by atoms with Gasteiger partial charge >= 0.3 is 0 Å². The van der Waals surface area contributed by atoms with Crippen LogP contribution in [0, 0.1) is 22.0 Å². The lowest BCUT2D eigenvalue weighted by Crippen LogP contribution is -2.46. The van der Waals surface area contributed by atoms with Crippen molar-refractivity contribution in [2.24, 2.45) is 17.6 Å². The predicted molar refractivity (Wildman–Crippen MR) is 90.8 cm³/mol. The number of hydrogen-bond acceptors (Lipinski definition) is 5. The molecule has 2 aliphatic rings. The Kier molecular flexibility index (Phi) is 4.71. The van der Waals surface area contributed by atoms with Crippen molar-refractivity contribution < 1.29 is 14.5 Å². The van der Waals surface area contributed by atoms with Gasteiger partial charge < -0.3 is 16.0 Å². The van der Waals surface area contributed by atoms with Crippen LogP contribution in [-0.2, 0) is 4.79 Å². The third-order valence-electron chi connectivity index (χ3n) is 5.26. The highest BCUT2D eigenvalue weighted by Crippen LogP contribution is 2.37. The Hall–Kier alpha value is -2.48.